The lowest BCUT2D eigenvalue weighted by Gasteiger charge is -2.21. The number of likely N-dealkylation sites (tertiary alicyclic amines) is 1. The Morgan fingerprint density at radius 1 is 1.24 bits per heavy atom. The van der Waals surface area contributed by atoms with E-state index < -0.39 is 6.10 Å². The summed E-state index contributed by atoms with van der Waals surface area (Å²) in [5, 5.41) is 12.4. The summed E-state index contributed by atoms with van der Waals surface area (Å²) in [5.41, 5.74) is 0.565. The van der Waals surface area contributed by atoms with Crippen LogP contribution in [0.5, 0.6) is 5.75 Å². The Hall–Kier alpha value is -3.23. The summed E-state index contributed by atoms with van der Waals surface area (Å²) >= 11 is 0. The van der Waals surface area contributed by atoms with Gasteiger partial charge in [-0.2, -0.15) is 4.98 Å². The Labute approximate surface area is 167 Å². The van der Waals surface area contributed by atoms with Gasteiger partial charge in [-0.05, 0) is 38.3 Å². The first-order valence-corrected chi connectivity index (χ1v) is 9.93. The van der Waals surface area contributed by atoms with Crippen molar-refractivity contribution in [1.82, 2.24) is 30.0 Å². The van der Waals surface area contributed by atoms with Gasteiger partial charge in [-0.15, -0.1) is 5.10 Å². The molecule has 1 amide bonds. The molecule has 3 aromatic rings. The van der Waals surface area contributed by atoms with Crippen molar-refractivity contribution in [1.29, 1.82) is 0 Å². The molecule has 0 N–H and O–H groups in total. The first-order chi connectivity index (χ1) is 14.2. The van der Waals surface area contributed by atoms with Crippen molar-refractivity contribution >= 4 is 5.91 Å². The zero-order chi connectivity index (χ0) is 19.8. The summed E-state index contributed by atoms with van der Waals surface area (Å²) in [6, 6.07) is 9.45. The van der Waals surface area contributed by atoms with Gasteiger partial charge in [-0.3, -0.25) is 4.79 Å². The van der Waals surface area contributed by atoms with E-state index in [0.29, 0.717) is 36.3 Å². The van der Waals surface area contributed by atoms with E-state index in [-0.39, 0.29) is 11.9 Å². The Bertz CT molecular complexity index is 997. The third kappa shape index (κ3) is 3.72. The molecular weight excluding hydrogens is 372 g/mol. The molecular formula is C20H22N6O3. The van der Waals surface area contributed by atoms with Crippen LogP contribution in [0.25, 0.3) is 11.6 Å². The summed E-state index contributed by atoms with van der Waals surface area (Å²) < 4.78 is 12.9. The van der Waals surface area contributed by atoms with Crippen LogP contribution in [-0.2, 0) is 4.79 Å². The summed E-state index contributed by atoms with van der Waals surface area (Å²) in [6.45, 7) is 3.01. The molecule has 0 unspecified atom stereocenters. The van der Waals surface area contributed by atoms with Gasteiger partial charge in [0.25, 0.3) is 11.8 Å². The number of ether oxygens (including phenoxy) is 1. The quantitative estimate of drug-likeness (QED) is 0.633. The average molecular weight is 394 g/mol. The van der Waals surface area contributed by atoms with E-state index in [1.54, 1.807) is 11.6 Å². The monoisotopic (exact) mass is 394 g/mol. The van der Waals surface area contributed by atoms with Gasteiger partial charge in [0, 0.05) is 19.0 Å². The van der Waals surface area contributed by atoms with Gasteiger partial charge < -0.3 is 14.2 Å². The van der Waals surface area contributed by atoms with Crippen LogP contribution < -0.4 is 4.74 Å². The largest absolute Gasteiger partial charge is 0.481 e. The molecule has 1 aliphatic carbocycles. The molecule has 2 atom stereocenters. The highest BCUT2D eigenvalue weighted by atomic mass is 16.5. The minimum absolute atomic E-state index is 0.0253. The Morgan fingerprint density at radius 3 is 2.86 bits per heavy atom. The Balaban J connectivity index is 1.21. The first-order valence-electron chi connectivity index (χ1n) is 9.93. The molecule has 0 spiro atoms. The van der Waals surface area contributed by atoms with Gasteiger partial charge in [-0.1, -0.05) is 28.6 Å². The molecule has 1 saturated heterocycles. The summed E-state index contributed by atoms with van der Waals surface area (Å²) in [4.78, 5) is 19.0. The molecule has 29 heavy (non-hydrogen) atoms. The van der Waals surface area contributed by atoms with Crippen LogP contribution in [0.4, 0.5) is 0 Å². The maximum absolute atomic E-state index is 12.7. The second-order valence-electron chi connectivity index (χ2n) is 7.62. The van der Waals surface area contributed by atoms with E-state index in [2.05, 4.69) is 20.5 Å². The fourth-order valence-electron chi connectivity index (χ4n) is 3.57. The van der Waals surface area contributed by atoms with E-state index in [4.69, 9.17) is 9.26 Å². The zero-order valence-corrected chi connectivity index (χ0v) is 16.1. The molecule has 9 heteroatoms. The lowest BCUT2D eigenvalue weighted by atomic mass is 10.3. The molecule has 9 nitrogen and oxygen atoms in total. The highest BCUT2D eigenvalue weighted by molar-refractivity contribution is 5.81. The van der Waals surface area contributed by atoms with Gasteiger partial charge in [0.2, 0.25) is 0 Å². The number of hydrogen-bond acceptors (Lipinski definition) is 7. The average Bonchev–Trinajstić information content (AvgIpc) is 3.17. The second kappa shape index (κ2) is 7.31. The number of carbonyl (C=O) groups excluding carboxylic acids is 1. The van der Waals surface area contributed by atoms with Crippen LogP contribution in [0.1, 0.15) is 44.0 Å². The first kappa shape index (κ1) is 17.8. The number of nitrogens with zero attached hydrogens (tertiary/aromatic N) is 6. The molecule has 1 saturated carbocycles. The zero-order valence-electron chi connectivity index (χ0n) is 16.1. The fourth-order valence-corrected chi connectivity index (χ4v) is 3.57. The van der Waals surface area contributed by atoms with Crippen molar-refractivity contribution in [2.45, 2.75) is 44.2 Å². The second-order valence-corrected chi connectivity index (χ2v) is 7.62. The van der Waals surface area contributed by atoms with Crippen molar-refractivity contribution in [3.8, 4) is 17.3 Å². The van der Waals surface area contributed by atoms with Crippen LogP contribution >= 0.6 is 0 Å². The number of para-hydroxylation sites is 1. The van der Waals surface area contributed by atoms with Crippen LogP contribution in [0, 0.1) is 0 Å². The number of carbonyl (C=O) groups is 1. The molecule has 150 valence electrons. The Kier molecular flexibility index (Phi) is 4.49. The molecule has 1 aliphatic heterocycles. The predicted molar refractivity (Wildman–Crippen MR) is 102 cm³/mol. The van der Waals surface area contributed by atoms with Crippen molar-refractivity contribution in [2.24, 2.45) is 0 Å². The lowest BCUT2D eigenvalue weighted by molar-refractivity contribution is -0.136. The van der Waals surface area contributed by atoms with Crippen molar-refractivity contribution < 1.29 is 14.1 Å². The molecule has 1 aromatic carbocycles. The van der Waals surface area contributed by atoms with Crippen LogP contribution in [0.3, 0.4) is 0 Å². The number of amides is 1. The molecule has 2 aliphatic rings. The van der Waals surface area contributed by atoms with Gasteiger partial charge >= 0.3 is 0 Å². The number of rotatable bonds is 6. The topological polar surface area (TPSA) is 99.2 Å². The van der Waals surface area contributed by atoms with E-state index >= 15 is 0 Å². The SMILES string of the molecule is C[C@H](Oc1ccccc1)C(=O)N1CC[C@@H](n2cc(-c3nc(C4CC4)no3)nn2)C1. The minimum atomic E-state index is -0.540. The highest BCUT2D eigenvalue weighted by Gasteiger charge is 2.32. The van der Waals surface area contributed by atoms with Crippen LogP contribution in [0.15, 0.2) is 41.1 Å². The van der Waals surface area contributed by atoms with E-state index in [9.17, 15) is 4.79 Å². The van der Waals surface area contributed by atoms with Gasteiger partial charge in [0.05, 0.1) is 12.2 Å². The van der Waals surface area contributed by atoms with Crippen molar-refractivity contribution in [2.75, 3.05) is 13.1 Å². The van der Waals surface area contributed by atoms with E-state index in [0.717, 1.165) is 25.1 Å². The maximum atomic E-state index is 12.7. The maximum Gasteiger partial charge on any atom is 0.280 e. The third-order valence-corrected chi connectivity index (χ3v) is 5.37. The molecule has 2 aromatic heterocycles. The molecule has 0 radical (unpaired) electrons. The smallest absolute Gasteiger partial charge is 0.280 e. The normalized spacial score (nSPS) is 20.0. The minimum Gasteiger partial charge on any atom is -0.481 e. The third-order valence-electron chi connectivity index (χ3n) is 5.37. The number of aromatic nitrogens is 5. The van der Waals surface area contributed by atoms with Crippen LogP contribution in [0.2, 0.25) is 0 Å². The number of benzene rings is 1. The molecule has 3 heterocycles. The number of hydrogen-bond donors (Lipinski definition) is 0. The predicted octanol–water partition coefficient (Wildman–Crippen LogP) is 2.45. The van der Waals surface area contributed by atoms with Crippen molar-refractivity contribution in [3.63, 3.8) is 0 Å². The van der Waals surface area contributed by atoms with E-state index in [1.165, 1.54) is 0 Å². The van der Waals surface area contributed by atoms with Gasteiger partial charge in [0.1, 0.15) is 5.75 Å². The standard InChI is InChI=1S/C20H22N6O3/c1-13(28-16-5-3-2-4-6-16)20(27)25-10-9-15(11-25)26-12-17(22-24-26)19-21-18(23-29-19)14-7-8-14/h2-6,12-15H,7-11H2,1H3/t13-,15+/m0/s1. The van der Waals surface area contributed by atoms with Crippen LogP contribution in [-0.4, -0.2) is 55.1 Å². The summed E-state index contributed by atoms with van der Waals surface area (Å²) in [7, 11) is 0. The van der Waals surface area contributed by atoms with Crippen molar-refractivity contribution in [3.05, 3.63) is 42.4 Å². The van der Waals surface area contributed by atoms with Gasteiger partial charge in [-0.25, -0.2) is 4.68 Å². The molecule has 0 bridgehead atoms. The highest BCUT2D eigenvalue weighted by Crippen LogP contribution is 2.38. The fraction of sp³-hybridized carbons (Fsp3) is 0.450. The van der Waals surface area contributed by atoms with E-state index in [1.807, 2.05) is 41.4 Å². The van der Waals surface area contributed by atoms with Gasteiger partial charge in [0.15, 0.2) is 17.6 Å². The summed E-state index contributed by atoms with van der Waals surface area (Å²) in [6.07, 6.45) is 4.31. The molecule has 5 rings (SSSR count). The summed E-state index contributed by atoms with van der Waals surface area (Å²) in [5.74, 6) is 2.24. The lowest BCUT2D eigenvalue weighted by Crippen LogP contribution is -2.39. The molecule has 2 fully saturated rings. The Morgan fingerprint density at radius 2 is 2.07 bits per heavy atom.